The van der Waals surface area contributed by atoms with Crippen LogP contribution >= 0.6 is 23.8 Å². The van der Waals surface area contributed by atoms with E-state index in [1.165, 1.54) is 12.1 Å². The van der Waals surface area contributed by atoms with E-state index < -0.39 is 0 Å². The first-order valence-corrected chi connectivity index (χ1v) is 10.8. The number of thiocarbonyl (C=S) groups is 1. The Balaban J connectivity index is 1.80. The van der Waals surface area contributed by atoms with Gasteiger partial charge in [-0.2, -0.15) is 4.98 Å². The molecule has 5 nitrogen and oxygen atoms in total. The summed E-state index contributed by atoms with van der Waals surface area (Å²) >= 11 is 11.6. The second kappa shape index (κ2) is 8.77. The summed E-state index contributed by atoms with van der Waals surface area (Å²) in [5.41, 5.74) is 3.40. The van der Waals surface area contributed by atoms with E-state index in [1.807, 2.05) is 24.0 Å². The van der Waals surface area contributed by atoms with Crippen molar-refractivity contribution in [2.45, 2.75) is 26.8 Å². The lowest BCUT2D eigenvalue weighted by molar-refractivity contribution is 0.386. The Kier molecular flexibility index (Phi) is 6.07. The Morgan fingerprint density at radius 2 is 1.84 bits per heavy atom. The minimum Gasteiger partial charge on any atom is -0.351 e. The number of nitrogens with one attached hydrogen (secondary N) is 1. The second-order valence-corrected chi connectivity index (χ2v) is 8.69. The lowest BCUT2D eigenvalue weighted by Crippen LogP contribution is -2.47. The summed E-state index contributed by atoms with van der Waals surface area (Å²) in [6, 6.07) is 13.2. The molecule has 31 heavy (non-hydrogen) atoms. The molecule has 8 heteroatoms. The molecule has 3 aromatic rings. The average molecular weight is 457 g/mol. The maximum atomic E-state index is 13.5. The van der Waals surface area contributed by atoms with Crippen molar-refractivity contribution in [2.24, 2.45) is 5.92 Å². The van der Waals surface area contributed by atoms with E-state index in [1.54, 1.807) is 24.3 Å². The lowest BCUT2D eigenvalue weighted by atomic mass is 9.94. The number of hydrogen-bond acceptors (Lipinski definition) is 4. The van der Waals surface area contributed by atoms with Gasteiger partial charge in [-0.15, -0.1) is 0 Å². The molecule has 4 rings (SSSR count). The zero-order valence-corrected chi connectivity index (χ0v) is 19.0. The summed E-state index contributed by atoms with van der Waals surface area (Å²) in [6.07, 6.45) is 0. The predicted octanol–water partition coefficient (Wildman–Crippen LogP) is 5.85. The monoisotopic (exact) mass is 456 g/mol. The lowest BCUT2D eigenvalue weighted by Gasteiger charge is -2.38. The van der Waals surface area contributed by atoms with Gasteiger partial charge in [0.2, 0.25) is 5.82 Å². The van der Waals surface area contributed by atoms with Gasteiger partial charge >= 0.3 is 0 Å². The molecule has 1 aliphatic heterocycles. The summed E-state index contributed by atoms with van der Waals surface area (Å²) < 4.78 is 19.2. The molecule has 160 valence electrons. The van der Waals surface area contributed by atoms with E-state index in [-0.39, 0.29) is 11.9 Å². The summed E-state index contributed by atoms with van der Waals surface area (Å²) in [4.78, 5) is 6.70. The van der Waals surface area contributed by atoms with Gasteiger partial charge in [-0.05, 0) is 67.0 Å². The van der Waals surface area contributed by atoms with E-state index in [2.05, 4.69) is 29.3 Å². The Morgan fingerprint density at radius 1 is 1.16 bits per heavy atom. The standard InChI is InChI=1S/C23H22ClFN4OS/c1-13(2)12-29-14(3)19(20(26-23(29)31)15-6-10-18(25)11-7-15)22-27-21(28-30-22)16-4-8-17(24)9-5-16/h4-11,13,20H,12H2,1-3H3,(H,26,31). The molecule has 0 bridgehead atoms. The van der Waals surface area contributed by atoms with Crippen molar-refractivity contribution in [3.63, 3.8) is 0 Å². The van der Waals surface area contributed by atoms with Crippen LogP contribution in [0.25, 0.3) is 17.0 Å². The molecule has 1 atom stereocenters. The van der Waals surface area contributed by atoms with E-state index in [0.29, 0.717) is 27.8 Å². The van der Waals surface area contributed by atoms with Crippen LogP contribution in [-0.4, -0.2) is 26.7 Å². The number of allylic oxidation sites excluding steroid dienone is 1. The normalized spacial score (nSPS) is 16.8. The van der Waals surface area contributed by atoms with Gasteiger partial charge < -0.3 is 14.7 Å². The van der Waals surface area contributed by atoms with Crippen LogP contribution in [0.15, 0.2) is 58.8 Å². The third kappa shape index (κ3) is 4.48. The molecule has 1 N–H and O–H groups in total. The first kappa shape index (κ1) is 21.5. The maximum Gasteiger partial charge on any atom is 0.258 e. The van der Waals surface area contributed by atoms with Crippen molar-refractivity contribution < 1.29 is 8.91 Å². The summed E-state index contributed by atoms with van der Waals surface area (Å²) in [6.45, 7) is 7.00. The Bertz CT molecular complexity index is 1130. The van der Waals surface area contributed by atoms with Crippen molar-refractivity contribution in [1.82, 2.24) is 20.4 Å². The average Bonchev–Trinajstić information content (AvgIpc) is 3.21. The summed E-state index contributed by atoms with van der Waals surface area (Å²) in [5.74, 6) is 0.952. The van der Waals surface area contributed by atoms with Crippen LogP contribution in [0.1, 0.15) is 38.3 Å². The van der Waals surface area contributed by atoms with Crippen LogP contribution < -0.4 is 5.32 Å². The minimum absolute atomic E-state index is 0.298. The molecule has 0 fully saturated rings. The molecule has 0 amide bonds. The summed E-state index contributed by atoms with van der Waals surface area (Å²) in [5, 5.41) is 8.79. The molecule has 0 aliphatic carbocycles. The van der Waals surface area contributed by atoms with Gasteiger partial charge in [0, 0.05) is 22.8 Å². The molecule has 1 aromatic heterocycles. The van der Waals surface area contributed by atoms with Gasteiger partial charge in [-0.1, -0.05) is 42.7 Å². The molecule has 0 spiro atoms. The molecular formula is C23H22ClFN4OS. The number of aromatic nitrogens is 2. The third-order valence-corrected chi connectivity index (χ3v) is 5.70. The number of benzene rings is 2. The van der Waals surface area contributed by atoms with Gasteiger partial charge in [-0.3, -0.25) is 0 Å². The SMILES string of the molecule is CC1=C(c2nc(-c3ccc(Cl)cc3)no2)C(c2ccc(F)cc2)NC(=S)N1CC(C)C. The van der Waals surface area contributed by atoms with Crippen LogP contribution in [0.3, 0.4) is 0 Å². The van der Waals surface area contributed by atoms with Crippen LogP contribution in [0.2, 0.25) is 5.02 Å². The largest absolute Gasteiger partial charge is 0.351 e. The highest BCUT2D eigenvalue weighted by Crippen LogP contribution is 2.37. The number of nitrogens with zero attached hydrogens (tertiary/aromatic N) is 3. The number of halogens is 2. The quantitative estimate of drug-likeness (QED) is 0.486. The fourth-order valence-electron chi connectivity index (χ4n) is 3.60. The topological polar surface area (TPSA) is 54.2 Å². The molecule has 0 radical (unpaired) electrons. The van der Waals surface area contributed by atoms with Crippen LogP contribution in [0.5, 0.6) is 0 Å². The number of rotatable bonds is 5. The minimum atomic E-state index is -0.338. The molecule has 2 heterocycles. The molecule has 2 aromatic carbocycles. The highest BCUT2D eigenvalue weighted by Gasteiger charge is 2.34. The Hall–Kier alpha value is -2.77. The second-order valence-electron chi connectivity index (χ2n) is 7.87. The molecule has 0 saturated carbocycles. The van der Waals surface area contributed by atoms with Crippen molar-refractivity contribution in [3.05, 3.63) is 76.5 Å². The third-order valence-electron chi connectivity index (χ3n) is 5.11. The van der Waals surface area contributed by atoms with Crippen molar-refractivity contribution in [1.29, 1.82) is 0 Å². The fraction of sp³-hybridized carbons (Fsp3) is 0.261. The smallest absolute Gasteiger partial charge is 0.258 e. The van der Waals surface area contributed by atoms with Crippen molar-refractivity contribution in [3.8, 4) is 11.4 Å². The van der Waals surface area contributed by atoms with Gasteiger partial charge in [0.15, 0.2) is 5.11 Å². The van der Waals surface area contributed by atoms with E-state index in [4.69, 9.17) is 28.3 Å². The van der Waals surface area contributed by atoms with Gasteiger partial charge in [0.1, 0.15) is 5.82 Å². The molecular weight excluding hydrogens is 435 g/mol. The van der Waals surface area contributed by atoms with E-state index >= 15 is 0 Å². The van der Waals surface area contributed by atoms with Gasteiger partial charge in [0.25, 0.3) is 5.89 Å². The zero-order chi connectivity index (χ0) is 22.1. The van der Waals surface area contributed by atoms with E-state index in [0.717, 1.165) is 28.9 Å². The van der Waals surface area contributed by atoms with E-state index in [9.17, 15) is 4.39 Å². The van der Waals surface area contributed by atoms with Gasteiger partial charge in [-0.25, -0.2) is 4.39 Å². The molecule has 1 unspecified atom stereocenters. The van der Waals surface area contributed by atoms with Gasteiger partial charge in [0.05, 0.1) is 11.6 Å². The highest BCUT2D eigenvalue weighted by atomic mass is 35.5. The summed E-state index contributed by atoms with van der Waals surface area (Å²) in [7, 11) is 0. The first-order chi connectivity index (χ1) is 14.8. The molecule has 0 saturated heterocycles. The fourth-order valence-corrected chi connectivity index (χ4v) is 4.05. The Labute approximate surface area is 190 Å². The van der Waals surface area contributed by atoms with Crippen molar-refractivity contribution >= 4 is 34.5 Å². The predicted molar refractivity (Wildman–Crippen MR) is 124 cm³/mol. The Morgan fingerprint density at radius 3 is 2.48 bits per heavy atom. The first-order valence-electron chi connectivity index (χ1n) is 9.97. The van der Waals surface area contributed by atoms with Crippen LogP contribution in [0.4, 0.5) is 4.39 Å². The maximum absolute atomic E-state index is 13.5. The van der Waals surface area contributed by atoms with Crippen LogP contribution in [-0.2, 0) is 0 Å². The van der Waals surface area contributed by atoms with Crippen molar-refractivity contribution in [2.75, 3.05) is 6.54 Å². The van der Waals surface area contributed by atoms with Crippen LogP contribution in [0, 0.1) is 11.7 Å². The number of hydrogen-bond donors (Lipinski definition) is 1. The highest BCUT2D eigenvalue weighted by molar-refractivity contribution is 7.80. The zero-order valence-electron chi connectivity index (χ0n) is 17.4. The molecule has 1 aliphatic rings.